The topological polar surface area (TPSA) is 49.8 Å². The molecular formula is C13H19NO3. The van der Waals surface area contributed by atoms with Gasteiger partial charge in [0.2, 0.25) is 0 Å². The van der Waals surface area contributed by atoms with E-state index in [0.29, 0.717) is 18.7 Å². The van der Waals surface area contributed by atoms with Gasteiger partial charge in [-0.25, -0.2) is 0 Å². The molecular weight excluding hydrogens is 218 g/mol. The fourth-order valence-electron chi connectivity index (χ4n) is 1.64. The van der Waals surface area contributed by atoms with Gasteiger partial charge in [-0.1, -0.05) is 0 Å². The van der Waals surface area contributed by atoms with E-state index in [0.717, 1.165) is 12.0 Å². The number of carbonyl (C=O) groups excluding carboxylic acids is 1. The molecule has 17 heavy (non-hydrogen) atoms. The summed E-state index contributed by atoms with van der Waals surface area (Å²) in [5.41, 5.74) is 1.41. The van der Waals surface area contributed by atoms with Crippen molar-refractivity contribution in [2.24, 2.45) is 0 Å². The predicted molar refractivity (Wildman–Crippen MR) is 66.3 cm³/mol. The van der Waals surface area contributed by atoms with Gasteiger partial charge in [0.05, 0.1) is 0 Å². The lowest BCUT2D eigenvalue weighted by molar-refractivity contribution is 0.0778. The zero-order chi connectivity index (χ0) is 12.8. The van der Waals surface area contributed by atoms with Crippen LogP contribution in [-0.4, -0.2) is 43.2 Å². The summed E-state index contributed by atoms with van der Waals surface area (Å²) in [4.78, 5) is 13.7. The van der Waals surface area contributed by atoms with Crippen molar-refractivity contribution in [2.45, 2.75) is 13.3 Å². The molecule has 1 aromatic carbocycles. The molecule has 0 aliphatic carbocycles. The molecule has 0 unspecified atom stereocenters. The van der Waals surface area contributed by atoms with Crippen molar-refractivity contribution < 1.29 is 14.6 Å². The third kappa shape index (κ3) is 3.75. The summed E-state index contributed by atoms with van der Waals surface area (Å²) in [6, 6.07) is 4.78. The molecule has 0 spiro atoms. The average Bonchev–Trinajstić information content (AvgIpc) is 2.28. The summed E-state index contributed by atoms with van der Waals surface area (Å²) in [7, 11) is 3.41. The third-order valence-electron chi connectivity index (χ3n) is 2.63. The van der Waals surface area contributed by atoms with Crippen LogP contribution in [0, 0.1) is 6.92 Å². The van der Waals surface area contributed by atoms with Crippen LogP contribution in [0.2, 0.25) is 0 Å². The highest BCUT2D eigenvalue weighted by atomic mass is 16.5. The number of hydrogen-bond acceptors (Lipinski definition) is 3. The quantitative estimate of drug-likeness (QED) is 0.794. The van der Waals surface area contributed by atoms with Crippen LogP contribution in [0.15, 0.2) is 18.2 Å². The van der Waals surface area contributed by atoms with E-state index < -0.39 is 0 Å². The van der Waals surface area contributed by atoms with Crippen molar-refractivity contribution in [1.82, 2.24) is 4.90 Å². The van der Waals surface area contributed by atoms with E-state index in [1.54, 1.807) is 31.2 Å². The maximum Gasteiger partial charge on any atom is 0.253 e. The molecule has 94 valence electrons. The maximum absolute atomic E-state index is 12.1. The Hall–Kier alpha value is -1.55. The van der Waals surface area contributed by atoms with Gasteiger partial charge >= 0.3 is 0 Å². The van der Waals surface area contributed by atoms with Crippen LogP contribution in [0.1, 0.15) is 22.3 Å². The monoisotopic (exact) mass is 237 g/mol. The van der Waals surface area contributed by atoms with E-state index in [1.165, 1.54) is 6.07 Å². The Morgan fingerprint density at radius 3 is 2.76 bits per heavy atom. The summed E-state index contributed by atoms with van der Waals surface area (Å²) < 4.78 is 4.95. The Labute approximate surface area is 102 Å². The van der Waals surface area contributed by atoms with Crippen LogP contribution >= 0.6 is 0 Å². The number of aryl methyl sites for hydroxylation is 1. The fourth-order valence-corrected chi connectivity index (χ4v) is 1.64. The van der Waals surface area contributed by atoms with Gasteiger partial charge in [0.15, 0.2) is 0 Å². The number of aromatic hydroxyl groups is 1. The minimum absolute atomic E-state index is 0.0291. The maximum atomic E-state index is 12.1. The Morgan fingerprint density at radius 1 is 1.47 bits per heavy atom. The van der Waals surface area contributed by atoms with Gasteiger partial charge in [0.25, 0.3) is 5.91 Å². The van der Waals surface area contributed by atoms with Crippen molar-refractivity contribution >= 4 is 5.91 Å². The summed E-state index contributed by atoms with van der Waals surface area (Å²) in [6.45, 7) is 3.12. The summed E-state index contributed by atoms with van der Waals surface area (Å²) in [5.74, 6) is 0.152. The summed E-state index contributed by atoms with van der Waals surface area (Å²) in [5, 5.41) is 9.29. The number of methoxy groups -OCH3 is 1. The van der Waals surface area contributed by atoms with Gasteiger partial charge in [-0.15, -0.1) is 0 Å². The largest absolute Gasteiger partial charge is 0.508 e. The van der Waals surface area contributed by atoms with Gasteiger partial charge in [0, 0.05) is 32.9 Å². The molecule has 0 saturated heterocycles. The Balaban J connectivity index is 2.68. The standard InChI is InChI=1S/C13H19NO3/c1-10-9-11(15)5-6-12(10)13(16)14(2)7-4-8-17-3/h5-6,9,15H,4,7-8H2,1-3H3. The van der Waals surface area contributed by atoms with Crippen molar-refractivity contribution in [3.8, 4) is 5.75 Å². The zero-order valence-electron chi connectivity index (χ0n) is 10.6. The molecule has 1 aromatic rings. The number of hydrogen-bond donors (Lipinski definition) is 1. The second-order valence-electron chi connectivity index (χ2n) is 4.07. The minimum Gasteiger partial charge on any atom is -0.508 e. The van der Waals surface area contributed by atoms with Crippen LogP contribution in [0.5, 0.6) is 5.75 Å². The van der Waals surface area contributed by atoms with Gasteiger partial charge in [-0.2, -0.15) is 0 Å². The molecule has 4 heteroatoms. The van der Waals surface area contributed by atoms with E-state index in [9.17, 15) is 9.90 Å². The van der Waals surface area contributed by atoms with Crippen molar-refractivity contribution in [3.63, 3.8) is 0 Å². The lowest BCUT2D eigenvalue weighted by atomic mass is 10.1. The van der Waals surface area contributed by atoms with E-state index in [2.05, 4.69) is 0 Å². The third-order valence-corrected chi connectivity index (χ3v) is 2.63. The normalized spacial score (nSPS) is 10.3. The lowest BCUT2D eigenvalue weighted by Gasteiger charge is -2.18. The SMILES string of the molecule is COCCCN(C)C(=O)c1ccc(O)cc1C. The first-order valence-corrected chi connectivity index (χ1v) is 5.60. The van der Waals surface area contributed by atoms with Gasteiger partial charge in [-0.3, -0.25) is 4.79 Å². The lowest BCUT2D eigenvalue weighted by Crippen LogP contribution is -2.28. The molecule has 0 heterocycles. The highest BCUT2D eigenvalue weighted by Crippen LogP contribution is 2.17. The highest BCUT2D eigenvalue weighted by molar-refractivity contribution is 5.95. The second kappa shape index (κ2) is 6.25. The molecule has 1 amide bonds. The second-order valence-corrected chi connectivity index (χ2v) is 4.07. The summed E-state index contributed by atoms with van der Waals surface area (Å²) in [6.07, 6.45) is 0.815. The van der Waals surface area contributed by atoms with Crippen LogP contribution in [0.3, 0.4) is 0 Å². The molecule has 1 rings (SSSR count). The minimum atomic E-state index is -0.0291. The molecule has 1 N–H and O–H groups in total. The van der Waals surface area contributed by atoms with Crippen LogP contribution in [0.4, 0.5) is 0 Å². The Morgan fingerprint density at radius 2 is 2.18 bits per heavy atom. The number of amides is 1. The molecule has 0 fully saturated rings. The molecule has 0 aliphatic heterocycles. The highest BCUT2D eigenvalue weighted by Gasteiger charge is 2.13. The van der Waals surface area contributed by atoms with Crippen LogP contribution in [-0.2, 0) is 4.74 Å². The number of rotatable bonds is 5. The molecule has 0 radical (unpaired) electrons. The van der Waals surface area contributed by atoms with Crippen molar-refractivity contribution in [2.75, 3.05) is 27.3 Å². The van der Waals surface area contributed by atoms with E-state index in [-0.39, 0.29) is 11.7 Å². The number of phenolic OH excluding ortho intramolecular Hbond substituents is 1. The number of ether oxygens (including phenoxy) is 1. The van der Waals surface area contributed by atoms with Crippen LogP contribution < -0.4 is 0 Å². The smallest absolute Gasteiger partial charge is 0.253 e. The van der Waals surface area contributed by atoms with Gasteiger partial charge in [-0.05, 0) is 37.1 Å². The van der Waals surface area contributed by atoms with E-state index in [1.807, 2.05) is 6.92 Å². The first-order chi connectivity index (χ1) is 8.06. The number of benzene rings is 1. The van der Waals surface area contributed by atoms with Gasteiger partial charge < -0.3 is 14.7 Å². The molecule has 0 atom stereocenters. The Kier molecular flexibility index (Phi) is 4.97. The van der Waals surface area contributed by atoms with Crippen molar-refractivity contribution in [1.29, 1.82) is 0 Å². The molecule has 0 saturated carbocycles. The van der Waals surface area contributed by atoms with E-state index in [4.69, 9.17) is 4.74 Å². The number of carbonyl (C=O) groups is 1. The van der Waals surface area contributed by atoms with Crippen LogP contribution in [0.25, 0.3) is 0 Å². The number of nitrogens with zero attached hydrogens (tertiary/aromatic N) is 1. The zero-order valence-corrected chi connectivity index (χ0v) is 10.6. The first kappa shape index (κ1) is 13.5. The predicted octanol–water partition coefficient (Wildman–Crippen LogP) is 1.81. The van der Waals surface area contributed by atoms with Crippen molar-refractivity contribution in [3.05, 3.63) is 29.3 Å². The van der Waals surface area contributed by atoms with Gasteiger partial charge in [0.1, 0.15) is 5.75 Å². The fraction of sp³-hybridized carbons (Fsp3) is 0.462. The average molecular weight is 237 g/mol. The first-order valence-electron chi connectivity index (χ1n) is 5.60. The number of phenols is 1. The Bertz CT molecular complexity index is 390. The van der Waals surface area contributed by atoms with E-state index >= 15 is 0 Å². The molecule has 0 aromatic heterocycles. The molecule has 0 bridgehead atoms. The molecule has 4 nitrogen and oxygen atoms in total. The summed E-state index contributed by atoms with van der Waals surface area (Å²) >= 11 is 0. The molecule has 0 aliphatic rings.